The van der Waals surface area contributed by atoms with Gasteiger partial charge in [0.1, 0.15) is 5.54 Å². The molecular weight excluding hydrogens is 271 g/mol. The second kappa shape index (κ2) is 3.70. The van der Waals surface area contributed by atoms with Crippen molar-refractivity contribution in [2.45, 2.75) is 32.7 Å². The molecule has 0 radical (unpaired) electrons. The van der Waals surface area contributed by atoms with Crippen LogP contribution in [0.2, 0.25) is 0 Å². The van der Waals surface area contributed by atoms with E-state index in [9.17, 15) is 9.59 Å². The van der Waals surface area contributed by atoms with E-state index < -0.39 is 11.6 Å². The van der Waals surface area contributed by atoms with Gasteiger partial charge < -0.3 is 0 Å². The SMILES string of the molecule is CC(C)CC1(C)C(=O)N(Br)C(=O)N1Cl. The zero-order valence-corrected chi connectivity index (χ0v) is 10.6. The van der Waals surface area contributed by atoms with E-state index in [0.717, 1.165) is 8.34 Å². The third-order valence-corrected chi connectivity index (χ3v) is 3.36. The fraction of sp³-hybridized carbons (Fsp3) is 0.750. The second-order valence-electron chi connectivity index (χ2n) is 4.02. The van der Waals surface area contributed by atoms with Crippen molar-refractivity contribution in [1.82, 2.24) is 8.34 Å². The molecule has 1 aliphatic heterocycles. The Morgan fingerprint density at radius 1 is 1.50 bits per heavy atom. The Labute approximate surface area is 96.6 Å². The van der Waals surface area contributed by atoms with E-state index in [0.29, 0.717) is 6.42 Å². The Morgan fingerprint density at radius 2 is 2.00 bits per heavy atom. The number of hydrogen-bond acceptors (Lipinski definition) is 2. The molecular formula is C8H12BrClN2O2. The van der Waals surface area contributed by atoms with Gasteiger partial charge in [-0.15, -0.1) is 0 Å². The average molecular weight is 284 g/mol. The summed E-state index contributed by atoms with van der Waals surface area (Å²) in [6.07, 6.45) is 0.545. The maximum absolute atomic E-state index is 11.7. The Hall–Kier alpha value is -0.290. The van der Waals surface area contributed by atoms with Crippen LogP contribution in [-0.4, -0.2) is 25.8 Å². The molecule has 0 aliphatic carbocycles. The molecule has 0 aromatic heterocycles. The van der Waals surface area contributed by atoms with Crippen LogP contribution in [0.15, 0.2) is 0 Å². The quantitative estimate of drug-likeness (QED) is 0.577. The summed E-state index contributed by atoms with van der Waals surface area (Å²) in [4.78, 5) is 23.1. The van der Waals surface area contributed by atoms with Crippen LogP contribution in [0.25, 0.3) is 0 Å². The predicted molar refractivity (Wildman–Crippen MR) is 56.7 cm³/mol. The number of urea groups is 1. The van der Waals surface area contributed by atoms with Crippen molar-refractivity contribution < 1.29 is 9.59 Å². The van der Waals surface area contributed by atoms with E-state index in [1.165, 1.54) is 0 Å². The van der Waals surface area contributed by atoms with Crippen molar-refractivity contribution in [2.75, 3.05) is 0 Å². The van der Waals surface area contributed by atoms with Gasteiger partial charge in [0.15, 0.2) is 0 Å². The smallest absolute Gasteiger partial charge is 0.271 e. The van der Waals surface area contributed by atoms with Crippen LogP contribution < -0.4 is 0 Å². The van der Waals surface area contributed by atoms with Gasteiger partial charge in [0, 0.05) is 11.8 Å². The van der Waals surface area contributed by atoms with Crippen molar-refractivity contribution in [1.29, 1.82) is 0 Å². The fourth-order valence-electron chi connectivity index (χ4n) is 1.63. The van der Waals surface area contributed by atoms with Gasteiger partial charge in [-0.05, 0) is 19.3 Å². The number of nitrogens with zero attached hydrogens (tertiary/aromatic N) is 2. The first-order chi connectivity index (χ1) is 6.30. The van der Waals surface area contributed by atoms with Gasteiger partial charge in [-0.1, -0.05) is 13.8 Å². The molecule has 1 rings (SSSR count). The van der Waals surface area contributed by atoms with E-state index in [2.05, 4.69) is 16.1 Å². The van der Waals surface area contributed by atoms with Gasteiger partial charge >= 0.3 is 6.03 Å². The Morgan fingerprint density at radius 3 is 2.29 bits per heavy atom. The molecule has 1 atom stereocenters. The Bertz CT molecular complexity index is 285. The van der Waals surface area contributed by atoms with Gasteiger partial charge in [0.05, 0.1) is 16.1 Å². The van der Waals surface area contributed by atoms with E-state index >= 15 is 0 Å². The van der Waals surface area contributed by atoms with E-state index in [4.69, 9.17) is 11.8 Å². The van der Waals surface area contributed by atoms with Crippen LogP contribution in [0.1, 0.15) is 27.2 Å². The third-order valence-electron chi connectivity index (χ3n) is 2.21. The molecule has 1 heterocycles. The summed E-state index contributed by atoms with van der Waals surface area (Å²) >= 11 is 8.68. The van der Waals surface area contributed by atoms with Crippen LogP contribution in [0.3, 0.4) is 0 Å². The summed E-state index contributed by atoms with van der Waals surface area (Å²) in [6, 6.07) is -0.528. The first kappa shape index (κ1) is 11.8. The molecule has 0 aromatic rings. The molecule has 0 saturated carbocycles. The van der Waals surface area contributed by atoms with Crippen LogP contribution in [-0.2, 0) is 4.79 Å². The molecule has 0 N–H and O–H groups in total. The van der Waals surface area contributed by atoms with Gasteiger partial charge in [-0.3, -0.25) is 4.79 Å². The predicted octanol–water partition coefficient (Wildman–Crippen LogP) is 2.52. The first-order valence-corrected chi connectivity index (χ1v) is 5.35. The second-order valence-corrected chi connectivity index (χ2v) is 5.07. The standard InChI is InChI=1S/C8H12BrClN2O2/c1-5(2)4-8(3)6(13)11(9)7(14)12(8)10/h5H,4H2,1-3H3. The molecule has 6 heteroatoms. The third kappa shape index (κ3) is 1.63. The fourth-order valence-corrected chi connectivity index (χ4v) is 2.48. The van der Waals surface area contributed by atoms with Crippen molar-refractivity contribution >= 4 is 39.9 Å². The number of halogens is 2. The molecule has 1 saturated heterocycles. The summed E-state index contributed by atoms with van der Waals surface area (Å²) in [6.45, 7) is 5.62. The molecule has 0 aromatic carbocycles. The number of rotatable bonds is 2. The van der Waals surface area contributed by atoms with Crippen LogP contribution in [0, 0.1) is 5.92 Å². The van der Waals surface area contributed by atoms with E-state index in [1.54, 1.807) is 6.92 Å². The summed E-state index contributed by atoms with van der Waals surface area (Å²) in [5.41, 5.74) is -0.934. The van der Waals surface area contributed by atoms with Crippen LogP contribution in [0.5, 0.6) is 0 Å². The number of carbonyl (C=O) groups excluding carboxylic acids is 2. The minimum atomic E-state index is -0.934. The minimum Gasteiger partial charge on any atom is -0.271 e. The topological polar surface area (TPSA) is 40.6 Å². The van der Waals surface area contributed by atoms with Crippen LogP contribution >= 0.6 is 27.9 Å². The molecule has 1 aliphatic rings. The molecule has 4 nitrogen and oxygen atoms in total. The monoisotopic (exact) mass is 282 g/mol. The average Bonchev–Trinajstić information content (AvgIpc) is 2.21. The lowest BCUT2D eigenvalue weighted by molar-refractivity contribution is -0.128. The highest BCUT2D eigenvalue weighted by Gasteiger charge is 2.53. The molecule has 1 unspecified atom stereocenters. The summed E-state index contributed by atoms with van der Waals surface area (Å²) < 4.78 is 1.84. The number of hydrogen-bond donors (Lipinski definition) is 0. The lowest BCUT2D eigenvalue weighted by atomic mass is 9.91. The highest BCUT2D eigenvalue weighted by molar-refractivity contribution is 9.08. The highest BCUT2D eigenvalue weighted by Crippen LogP contribution is 2.36. The molecule has 1 fully saturated rings. The molecule has 0 bridgehead atoms. The lowest BCUT2D eigenvalue weighted by Gasteiger charge is -2.27. The maximum Gasteiger partial charge on any atom is 0.352 e. The zero-order chi connectivity index (χ0) is 11.1. The van der Waals surface area contributed by atoms with Crippen molar-refractivity contribution in [3.63, 3.8) is 0 Å². The summed E-state index contributed by atoms with van der Waals surface area (Å²) in [5.74, 6) is -0.0248. The molecule has 0 spiro atoms. The number of imide groups is 1. The lowest BCUT2D eigenvalue weighted by Crippen LogP contribution is -2.43. The van der Waals surface area contributed by atoms with Crippen LogP contribution in [0.4, 0.5) is 4.79 Å². The van der Waals surface area contributed by atoms with Gasteiger partial charge in [-0.2, -0.15) is 3.93 Å². The van der Waals surface area contributed by atoms with Gasteiger partial charge in [0.25, 0.3) is 5.91 Å². The first-order valence-electron chi connectivity index (χ1n) is 4.31. The van der Waals surface area contributed by atoms with Crippen molar-refractivity contribution in [3.05, 3.63) is 0 Å². The number of amides is 3. The summed E-state index contributed by atoms with van der Waals surface area (Å²) in [5, 5.41) is 0. The Kier molecular flexibility index (Phi) is 3.11. The van der Waals surface area contributed by atoms with Crippen molar-refractivity contribution in [3.8, 4) is 0 Å². The van der Waals surface area contributed by atoms with E-state index in [-0.39, 0.29) is 11.8 Å². The maximum atomic E-state index is 11.7. The Balaban J connectivity index is 2.98. The van der Waals surface area contributed by atoms with Gasteiger partial charge in [-0.25, -0.2) is 9.21 Å². The largest absolute Gasteiger partial charge is 0.352 e. The molecule has 14 heavy (non-hydrogen) atoms. The number of carbonyl (C=O) groups is 2. The minimum absolute atomic E-state index is 0.289. The zero-order valence-electron chi connectivity index (χ0n) is 8.25. The van der Waals surface area contributed by atoms with Crippen molar-refractivity contribution in [2.24, 2.45) is 5.92 Å². The molecule has 3 amide bonds. The molecule has 80 valence electrons. The van der Waals surface area contributed by atoms with E-state index in [1.807, 2.05) is 13.8 Å². The van der Waals surface area contributed by atoms with Gasteiger partial charge in [0.2, 0.25) is 0 Å². The highest BCUT2D eigenvalue weighted by atomic mass is 79.9. The normalized spacial score (nSPS) is 28.1. The summed E-state index contributed by atoms with van der Waals surface area (Å²) in [7, 11) is 0.